The smallest absolute Gasteiger partial charge is 1.00 e. The minimum absolute atomic E-state index is 0. The number of carboxylic acid groups (broad SMARTS) is 2. The topological polar surface area (TPSA) is 94.8 Å². The van der Waals surface area contributed by atoms with Crippen LogP contribution in [0.15, 0.2) is 0 Å². The predicted molar refractivity (Wildman–Crippen MR) is 22.4 cm³/mol. The van der Waals surface area contributed by atoms with Gasteiger partial charge < -0.3 is 16.7 Å². The number of rotatable bonds is 2. The van der Waals surface area contributed by atoms with Gasteiger partial charge in [-0.1, -0.05) is 0 Å². The molecule has 0 fully saturated rings. The molecule has 0 heterocycles. The molecule has 0 saturated carbocycles. The third-order valence-electron chi connectivity index (χ3n) is 0.468. The van der Waals surface area contributed by atoms with Gasteiger partial charge in [-0.25, -0.2) is 9.59 Å². The molecule has 0 aliphatic carbocycles. The third kappa shape index (κ3) is 5.00. The monoisotopic (exact) mass is 160 g/mol. The van der Waals surface area contributed by atoms with Crippen LogP contribution in [-0.2, 0) is 9.59 Å². The fraction of sp³-hybridized carbons (Fsp3) is 0.333. The Morgan fingerprint density at radius 3 is 1.44 bits per heavy atom. The molecule has 3 N–H and O–H groups in total. The molecule has 0 aromatic carbocycles. The molecule has 0 aliphatic rings. The van der Waals surface area contributed by atoms with Crippen molar-refractivity contribution in [3.8, 4) is 0 Å². The molecular weight excluding hydrogens is 155 g/mol. The number of aliphatic hydroxyl groups is 1. The van der Waals surface area contributed by atoms with Crippen molar-refractivity contribution >= 4 is 11.9 Å². The van der Waals surface area contributed by atoms with Crippen molar-refractivity contribution in [2.45, 2.75) is 6.10 Å². The van der Waals surface area contributed by atoms with Crippen LogP contribution in [0.2, 0.25) is 0 Å². The van der Waals surface area contributed by atoms with E-state index in [2.05, 4.69) is 0 Å². The molecule has 9 heavy (non-hydrogen) atoms. The minimum atomic E-state index is -2.30. The molecule has 0 bridgehead atoms. The van der Waals surface area contributed by atoms with Crippen LogP contribution in [-0.4, -0.2) is 33.4 Å². The maximum Gasteiger partial charge on any atom is 1.00 e. The average Bonchev–Trinajstić information content (AvgIpc) is 1.64. The van der Waals surface area contributed by atoms with E-state index in [0.717, 1.165) is 0 Å². The Morgan fingerprint density at radius 2 is 1.44 bits per heavy atom. The molecule has 0 unspecified atom stereocenters. The van der Waals surface area contributed by atoms with Crippen molar-refractivity contribution in [1.82, 2.24) is 0 Å². The summed E-state index contributed by atoms with van der Waals surface area (Å²) in [6.45, 7) is 0. The molecule has 0 spiro atoms. The number of carboxylic acids is 2. The summed E-state index contributed by atoms with van der Waals surface area (Å²) in [6.07, 6.45) is -2.30. The van der Waals surface area contributed by atoms with Gasteiger partial charge in [-0.15, -0.1) is 0 Å². The van der Waals surface area contributed by atoms with Gasteiger partial charge in [0.2, 0.25) is 6.10 Å². The van der Waals surface area contributed by atoms with Crippen molar-refractivity contribution in [3.63, 3.8) is 0 Å². The van der Waals surface area contributed by atoms with Gasteiger partial charge in [0.05, 0.1) is 0 Å². The van der Waals surface area contributed by atoms with Gasteiger partial charge in [-0.3, -0.25) is 0 Å². The molecule has 0 saturated heterocycles. The molecule has 0 aliphatic heterocycles. The fourth-order valence-electron chi connectivity index (χ4n) is 0.106. The van der Waals surface area contributed by atoms with Crippen LogP contribution in [0.4, 0.5) is 0 Å². The molecular formula is C3H5KO5. The fourth-order valence-corrected chi connectivity index (χ4v) is 0.106. The second kappa shape index (κ2) is 5.33. The molecule has 6 heteroatoms. The third-order valence-corrected chi connectivity index (χ3v) is 0.468. The van der Waals surface area contributed by atoms with Gasteiger partial charge in [0.25, 0.3) is 0 Å². The Hall–Kier alpha value is 0.536. The van der Waals surface area contributed by atoms with Crippen molar-refractivity contribution in [2.75, 3.05) is 0 Å². The van der Waals surface area contributed by atoms with E-state index < -0.39 is 18.0 Å². The van der Waals surface area contributed by atoms with E-state index in [1.54, 1.807) is 0 Å². The Labute approximate surface area is 94.6 Å². The first kappa shape index (κ1) is 12.2. The number of hydrogen-bond donors (Lipinski definition) is 3. The number of aliphatic hydroxyl groups excluding tert-OH is 1. The van der Waals surface area contributed by atoms with Gasteiger partial charge in [0.1, 0.15) is 0 Å². The summed E-state index contributed by atoms with van der Waals surface area (Å²) >= 11 is 0. The Balaban J connectivity index is -0.000000245. The van der Waals surface area contributed by atoms with Gasteiger partial charge in [0.15, 0.2) is 0 Å². The summed E-state index contributed by atoms with van der Waals surface area (Å²) in [5, 5.41) is 23.4. The van der Waals surface area contributed by atoms with E-state index in [0.29, 0.717) is 0 Å². The second-order valence-electron chi connectivity index (χ2n) is 1.08. The zero-order chi connectivity index (χ0) is 6.73. The van der Waals surface area contributed by atoms with Crippen molar-refractivity contribution in [2.24, 2.45) is 0 Å². The SMILES string of the molecule is O=C(O)C(O)C(=O)O.[H-].[K+]. The zero-order valence-corrected chi connectivity index (χ0v) is 7.86. The van der Waals surface area contributed by atoms with Crippen LogP contribution in [0, 0.1) is 0 Å². The first-order valence-electron chi connectivity index (χ1n) is 1.69. The van der Waals surface area contributed by atoms with Crippen LogP contribution < -0.4 is 51.4 Å². The van der Waals surface area contributed by atoms with Crippen LogP contribution in [0.3, 0.4) is 0 Å². The van der Waals surface area contributed by atoms with Gasteiger partial charge in [-0.05, 0) is 0 Å². The number of carbonyl (C=O) groups is 2. The van der Waals surface area contributed by atoms with Crippen LogP contribution >= 0.6 is 0 Å². The van der Waals surface area contributed by atoms with E-state index in [4.69, 9.17) is 15.3 Å². The molecule has 0 rings (SSSR count). The molecule has 0 aromatic heterocycles. The summed E-state index contributed by atoms with van der Waals surface area (Å²) in [5.74, 6) is -3.50. The Morgan fingerprint density at radius 1 is 1.22 bits per heavy atom. The predicted octanol–water partition coefficient (Wildman–Crippen LogP) is -4.37. The van der Waals surface area contributed by atoms with E-state index in [-0.39, 0.29) is 52.8 Å². The Kier molecular flexibility index (Phi) is 7.25. The number of aliphatic carboxylic acids is 2. The van der Waals surface area contributed by atoms with Crippen LogP contribution in [0.1, 0.15) is 1.43 Å². The summed E-state index contributed by atoms with van der Waals surface area (Å²) in [5.41, 5.74) is 0. The normalized spacial score (nSPS) is 8.22. The standard InChI is InChI=1S/C3H4O5.K.H/c4-1(2(5)6)3(7)8;;/h1,4H,(H,5,6)(H,7,8);;/q;+1;-1. The second-order valence-corrected chi connectivity index (χ2v) is 1.08. The minimum Gasteiger partial charge on any atom is -1.00 e. The summed E-state index contributed by atoms with van der Waals surface area (Å²) < 4.78 is 0. The van der Waals surface area contributed by atoms with Crippen molar-refractivity contribution in [3.05, 3.63) is 0 Å². The summed E-state index contributed by atoms with van der Waals surface area (Å²) in [4.78, 5) is 19.0. The van der Waals surface area contributed by atoms with E-state index in [1.165, 1.54) is 0 Å². The Bertz CT molecular complexity index is 112. The van der Waals surface area contributed by atoms with Gasteiger partial charge in [0, 0.05) is 0 Å². The van der Waals surface area contributed by atoms with E-state index in [1.807, 2.05) is 0 Å². The molecule has 0 aromatic rings. The molecule has 0 amide bonds. The van der Waals surface area contributed by atoms with Crippen molar-refractivity contribution in [1.29, 1.82) is 0 Å². The maximum atomic E-state index is 9.51. The summed E-state index contributed by atoms with van der Waals surface area (Å²) in [6, 6.07) is 0. The maximum absolute atomic E-state index is 9.51. The van der Waals surface area contributed by atoms with Gasteiger partial charge in [-0.2, -0.15) is 0 Å². The first-order valence-corrected chi connectivity index (χ1v) is 1.69. The zero-order valence-electron chi connectivity index (χ0n) is 5.74. The summed E-state index contributed by atoms with van der Waals surface area (Å²) in [7, 11) is 0. The van der Waals surface area contributed by atoms with Gasteiger partial charge >= 0.3 is 63.3 Å². The number of hydrogen-bond acceptors (Lipinski definition) is 3. The largest absolute Gasteiger partial charge is 1.00 e. The molecule has 5 nitrogen and oxygen atoms in total. The van der Waals surface area contributed by atoms with E-state index in [9.17, 15) is 9.59 Å². The van der Waals surface area contributed by atoms with Crippen LogP contribution in [0.25, 0.3) is 0 Å². The van der Waals surface area contributed by atoms with Crippen LogP contribution in [0.5, 0.6) is 0 Å². The first-order chi connectivity index (χ1) is 3.55. The molecule has 0 atom stereocenters. The molecule has 48 valence electrons. The van der Waals surface area contributed by atoms with Crippen molar-refractivity contribution < 1.29 is 77.7 Å². The quantitative estimate of drug-likeness (QED) is 0.280. The average molecular weight is 160 g/mol. The van der Waals surface area contributed by atoms with E-state index >= 15 is 0 Å². The molecule has 0 radical (unpaired) electrons.